The van der Waals surface area contributed by atoms with Crippen molar-refractivity contribution in [3.8, 4) is 11.6 Å². The van der Waals surface area contributed by atoms with Gasteiger partial charge < -0.3 is 5.11 Å². The van der Waals surface area contributed by atoms with E-state index in [2.05, 4.69) is 19.9 Å². The van der Waals surface area contributed by atoms with Crippen molar-refractivity contribution in [2.75, 3.05) is 0 Å². The second kappa shape index (κ2) is 4.01. The zero-order chi connectivity index (χ0) is 11.5. The summed E-state index contributed by atoms with van der Waals surface area (Å²) in [5.41, 5.74) is 0.504. The van der Waals surface area contributed by atoms with E-state index in [9.17, 15) is 4.79 Å². The number of carboxylic acids is 1. The molecule has 0 aliphatic heterocycles. The fourth-order valence-corrected chi connectivity index (χ4v) is 1.19. The van der Waals surface area contributed by atoms with Crippen LogP contribution in [0, 0.1) is 6.92 Å². The van der Waals surface area contributed by atoms with Crippen LogP contribution in [0.5, 0.6) is 0 Å². The summed E-state index contributed by atoms with van der Waals surface area (Å²) >= 11 is 0. The van der Waals surface area contributed by atoms with Gasteiger partial charge in [0.1, 0.15) is 0 Å². The fraction of sp³-hybridized carbons (Fsp3) is 0.100. The first-order chi connectivity index (χ1) is 7.66. The van der Waals surface area contributed by atoms with Crippen LogP contribution in [0.1, 0.15) is 16.2 Å². The Hall–Kier alpha value is -2.37. The molecule has 0 saturated heterocycles. The molecule has 0 spiro atoms. The van der Waals surface area contributed by atoms with E-state index in [0.29, 0.717) is 11.5 Å². The van der Waals surface area contributed by atoms with Crippen molar-refractivity contribution in [2.24, 2.45) is 0 Å². The number of carbonyl (C=O) groups is 1. The Labute approximate surface area is 91.1 Å². The molecule has 80 valence electrons. The molecule has 0 atom stereocenters. The first-order valence-corrected chi connectivity index (χ1v) is 4.53. The molecule has 0 unspecified atom stereocenters. The van der Waals surface area contributed by atoms with E-state index in [1.54, 1.807) is 25.4 Å². The lowest BCUT2D eigenvalue weighted by molar-refractivity contribution is 0.0690. The van der Waals surface area contributed by atoms with Gasteiger partial charge in [-0.1, -0.05) is 0 Å². The maximum atomic E-state index is 10.8. The summed E-state index contributed by atoms with van der Waals surface area (Å²) in [4.78, 5) is 26.7. The zero-order valence-corrected chi connectivity index (χ0v) is 8.45. The van der Waals surface area contributed by atoms with Crippen LogP contribution in [0.25, 0.3) is 11.6 Å². The highest BCUT2D eigenvalue weighted by Crippen LogP contribution is 2.09. The van der Waals surface area contributed by atoms with Gasteiger partial charge in [0.05, 0.1) is 0 Å². The minimum atomic E-state index is -1.09. The third-order valence-electron chi connectivity index (χ3n) is 1.84. The Morgan fingerprint density at radius 1 is 1.19 bits per heavy atom. The topological polar surface area (TPSA) is 88.9 Å². The Kier molecular flexibility index (Phi) is 2.55. The molecule has 0 bridgehead atoms. The van der Waals surface area contributed by atoms with Gasteiger partial charge >= 0.3 is 5.97 Å². The summed E-state index contributed by atoms with van der Waals surface area (Å²) in [5.74, 6) is -0.561. The maximum absolute atomic E-state index is 10.8. The molecule has 0 aliphatic rings. The van der Waals surface area contributed by atoms with E-state index < -0.39 is 5.97 Å². The normalized spacial score (nSPS) is 10.1. The average molecular weight is 216 g/mol. The van der Waals surface area contributed by atoms with Crippen molar-refractivity contribution >= 4 is 5.97 Å². The number of hydrogen-bond acceptors (Lipinski definition) is 5. The molecule has 0 fully saturated rings. The van der Waals surface area contributed by atoms with Crippen LogP contribution in [0.4, 0.5) is 0 Å². The second-order valence-corrected chi connectivity index (χ2v) is 3.10. The molecule has 2 aromatic rings. The second-order valence-electron chi connectivity index (χ2n) is 3.10. The minimum Gasteiger partial charge on any atom is -0.477 e. The van der Waals surface area contributed by atoms with E-state index in [-0.39, 0.29) is 11.5 Å². The van der Waals surface area contributed by atoms with Crippen molar-refractivity contribution in [1.82, 2.24) is 19.9 Å². The first-order valence-electron chi connectivity index (χ1n) is 4.53. The lowest BCUT2D eigenvalue weighted by atomic mass is 10.3. The van der Waals surface area contributed by atoms with E-state index in [4.69, 9.17) is 5.11 Å². The Morgan fingerprint density at radius 3 is 2.50 bits per heavy atom. The summed E-state index contributed by atoms with van der Waals surface area (Å²) in [6, 6.07) is 3.06. The van der Waals surface area contributed by atoms with E-state index in [1.165, 1.54) is 6.07 Å². The number of carboxylic acid groups (broad SMARTS) is 1. The minimum absolute atomic E-state index is 0.0602. The highest BCUT2D eigenvalue weighted by molar-refractivity contribution is 5.85. The van der Waals surface area contributed by atoms with Crippen LogP contribution in [0.3, 0.4) is 0 Å². The largest absolute Gasteiger partial charge is 0.477 e. The van der Waals surface area contributed by atoms with Crippen molar-refractivity contribution in [2.45, 2.75) is 6.92 Å². The lowest BCUT2D eigenvalue weighted by Crippen LogP contribution is -2.05. The number of hydrogen-bond donors (Lipinski definition) is 1. The summed E-state index contributed by atoms with van der Waals surface area (Å²) < 4.78 is 0. The van der Waals surface area contributed by atoms with Crippen LogP contribution in [-0.4, -0.2) is 31.0 Å². The van der Waals surface area contributed by atoms with Gasteiger partial charge in [-0.2, -0.15) is 0 Å². The molecule has 0 saturated carbocycles. The SMILES string of the molecule is Cc1cc(C(=O)O)nc(-c2ncccn2)n1. The monoisotopic (exact) mass is 216 g/mol. The fourth-order valence-electron chi connectivity index (χ4n) is 1.19. The third-order valence-corrected chi connectivity index (χ3v) is 1.84. The average Bonchev–Trinajstić information content (AvgIpc) is 2.29. The van der Waals surface area contributed by atoms with Gasteiger partial charge in [0.15, 0.2) is 17.3 Å². The van der Waals surface area contributed by atoms with Crippen LogP contribution in [-0.2, 0) is 0 Å². The quantitative estimate of drug-likeness (QED) is 0.803. The molecule has 6 nitrogen and oxygen atoms in total. The predicted octanol–water partition coefficient (Wildman–Crippen LogP) is 0.940. The molecule has 0 aliphatic carbocycles. The Balaban J connectivity index is 2.54. The Bertz CT molecular complexity index is 528. The molecule has 16 heavy (non-hydrogen) atoms. The molecule has 0 aromatic carbocycles. The van der Waals surface area contributed by atoms with E-state index >= 15 is 0 Å². The maximum Gasteiger partial charge on any atom is 0.354 e. The molecule has 2 rings (SSSR count). The van der Waals surface area contributed by atoms with Crippen molar-refractivity contribution < 1.29 is 9.90 Å². The molecule has 6 heteroatoms. The van der Waals surface area contributed by atoms with Crippen LogP contribution in [0.2, 0.25) is 0 Å². The molecule has 0 radical (unpaired) electrons. The van der Waals surface area contributed by atoms with Gasteiger partial charge in [0.25, 0.3) is 0 Å². The number of aromatic carboxylic acids is 1. The van der Waals surface area contributed by atoms with Gasteiger partial charge in [-0.3, -0.25) is 0 Å². The van der Waals surface area contributed by atoms with Gasteiger partial charge in [0.2, 0.25) is 0 Å². The van der Waals surface area contributed by atoms with Gasteiger partial charge in [-0.05, 0) is 19.1 Å². The molecule has 2 aromatic heterocycles. The summed E-state index contributed by atoms with van der Waals surface area (Å²) in [6.45, 7) is 1.70. The molecule has 2 heterocycles. The molecule has 1 N–H and O–H groups in total. The number of aryl methyl sites for hydroxylation is 1. The highest BCUT2D eigenvalue weighted by atomic mass is 16.4. The summed E-state index contributed by atoms with van der Waals surface area (Å²) in [7, 11) is 0. The number of nitrogens with zero attached hydrogens (tertiary/aromatic N) is 4. The van der Waals surface area contributed by atoms with Crippen LogP contribution in [0.15, 0.2) is 24.5 Å². The molecular formula is C10H8N4O2. The standard InChI is InChI=1S/C10H8N4O2/c1-6-5-7(10(15)16)14-9(13-6)8-11-3-2-4-12-8/h2-5H,1H3,(H,15,16). The van der Waals surface area contributed by atoms with Gasteiger partial charge in [0, 0.05) is 18.1 Å². The van der Waals surface area contributed by atoms with Gasteiger partial charge in [-0.25, -0.2) is 24.7 Å². The molecule has 0 amide bonds. The summed E-state index contributed by atoms with van der Waals surface area (Å²) in [5, 5.41) is 8.85. The molecular weight excluding hydrogens is 208 g/mol. The van der Waals surface area contributed by atoms with E-state index in [1.807, 2.05) is 0 Å². The lowest BCUT2D eigenvalue weighted by Gasteiger charge is -2.01. The third kappa shape index (κ3) is 2.00. The van der Waals surface area contributed by atoms with Crippen LogP contribution >= 0.6 is 0 Å². The van der Waals surface area contributed by atoms with E-state index in [0.717, 1.165) is 0 Å². The smallest absolute Gasteiger partial charge is 0.354 e. The highest BCUT2D eigenvalue weighted by Gasteiger charge is 2.11. The van der Waals surface area contributed by atoms with Gasteiger partial charge in [-0.15, -0.1) is 0 Å². The van der Waals surface area contributed by atoms with Crippen molar-refractivity contribution in [1.29, 1.82) is 0 Å². The Morgan fingerprint density at radius 2 is 1.88 bits per heavy atom. The van der Waals surface area contributed by atoms with Crippen molar-refractivity contribution in [3.05, 3.63) is 35.9 Å². The first kappa shape index (κ1) is 10.2. The van der Waals surface area contributed by atoms with Crippen molar-refractivity contribution in [3.63, 3.8) is 0 Å². The predicted molar refractivity (Wildman–Crippen MR) is 54.8 cm³/mol. The number of aromatic nitrogens is 4. The zero-order valence-electron chi connectivity index (χ0n) is 8.45. The number of rotatable bonds is 2. The van der Waals surface area contributed by atoms with Crippen LogP contribution < -0.4 is 0 Å². The summed E-state index contributed by atoms with van der Waals surface area (Å²) in [6.07, 6.45) is 3.10.